The molecule has 0 aliphatic carbocycles. The molecule has 2 aromatic rings. The van der Waals surface area contributed by atoms with Gasteiger partial charge in [-0.15, -0.1) is 11.3 Å². The molecule has 0 spiro atoms. The predicted molar refractivity (Wildman–Crippen MR) is 120 cm³/mol. The van der Waals surface area contributed by atoms with Gasteiger partial charge in [-0.1, -0.05) is 0 Å². The largest absolute Gasteiger partial charge is 1.00 e. The van der Waals surface area contributed by atoms with Gasteiger partial charge in [0.1, 0.15) is 0 Å². The van der Waals surface area contributed by atoms with Crippen molar-refractivity contribution in [3.8, 4) is 17.6 Å². The summed E-state index contributed by atoms with van der Waals surface area (Å²) in [5.41, 5.74) is 1.20. The number of anilines is 1. The number of nitrogens with zero attached hydrogens (tertiary/aromatic N) is 2. The van der Waals surface area contributed by atoms with Crippen molar-refractivity contribution in [1.82, 2.24) is 0 Å². The van der Waals surface area contributed by atoms with Crippen molar-refractivity contribution in [2.24, 2.45) is 11.8 Å². The van der Waals surface area contributed by atoms with E-state index in [0.717, 1.165) is 9.88 Å². The van der Waals surface area contributed by atoms with Gasteiger partial charge in [0.25, 0.3) is 0 Å². The minimum Gasteiger partial charge on any atom is -0.550 e. The van der Waals surface area contributed by atoms with E-state index >= 15 is 0 Å². The second-order valence-electron chi connectivity index (χ2n) is 7.74. The number of allylic oxidation sites excluding steroid dienone is 1. The van der Waals surface area contributed by atoms with E-state index in [1.165, 1.54) is 11.3 Å². The summed E-state index contributed by atoms with van der Waals surface area (Å²) in [5, 5.41) is 32.9. The molecule has 1 aromatic heterocycles. The van der Waals surface area contributed by atoms with E-state index in [1.807, 2.05) is 18.2 Å². The second kappa shape index (κ2) is 14.9. The van der Waals surface area contributed by atoms with E-state index in [1.54, 1.807) is 32.4 Å². The van der Waals surface area contributed by atoms with Crippen molar-refractivity contribution in [1.29, 1.82) is 5.26 Å². The number of aliphatic carboxylic acids is 2. The molecule has 1 aromatic carbocycles. The van der Waals surface area contributed by atoms with E-state index in [9.17, 15) is 25.1 Å². The van der Waals surface area contributed by atoms with Crippen LogP contribution in [0.25, 0.3) is 11.6 Å². The van der Waals surface area contributed by atoms with Crippen molar-refractivity contribution in [3.63, 3.8) is 0 Å². The number of piperidine rings is 1. The summed E-state index contributed by atoms with van der Waals surface area (Å²) in [5.74, 6) is -2.86. The zero-order chi connectivity index (χ0) is 24.0. The van der Waals surface area contributed by atoms with Crippen molar-refractivity contribution >= 4 is 39.9 Å². The van der Waals surface area contributed by atoms with Gasteiger partial charge in [0, 0.05) is 35.8 Å². The number of carboxylic acid groups (broad SMARTS) is 2. The van der Waals surface area contributed by atoms with Crippen molar-refractivity contribution in [3.05, 3.63) is 40.8 Å². The maximum atomic E-state index is 11.4. The van der Waals surface area contributed by atoms with E-state index < -0.39 is 24.3 Å². The van der Waals surface area contributed by atoms with Crippen LogP contribution in [0.3, 0.4) is 0 Å². The maximum absolute atomic E-state index is 11.4. The zero-order valence-electron chi connectivity index (χ0n) is 20.4. The molecule has 1 atom stereocenters. The third kappa shape index (κ3) is 8.25. The molecule has 0 radical (unpaired) electrons. The Morgan fingerprint density at radius 2 is 1.80 bits per heavy atom. The van der Waals surface area contributed by atoms with Crippen molar-refractivity contribution < 1.29 is 88.4 Å². The maximum Gasteiger partial charge on any atom is 1.00 e. The van der Waals surface area contributed by atoms with Crippen LogP contribution in [0.1, 0.15) is 29.7 Å². The molecule has 1 fully saturated rings. The summed E-state index contributed by atoms with van der Waals surface area (Å²) < 4.78 is 10.6. The minimum absolute atomic E-state index is 0. The van der Waals surface area contributed by atoms with Gasteiger partial charge in [0.2, 0.25) is 0 Å². The SMILES string of the molecule is COc1ccc(C(C#N)=Cc2ccc(N3CCC(C(CC(=O)[O-])C(=O)[O-])CC3)s2)cc1OC.[Na+].[Na+]. The third-order valence-corrected chi connectivity index (χ3v) is 6.92. The monoisotopic (exact) mass is 514 g/mol. The fourth-order valence-corrected chi connectivity index (χ4v) is 5.06. The number of carboxylic acids is 2. The van der Waals surface area contributed by atoms with Gasteiger partial charge in [-0.25, -0.2) is 0 Å². The van der Waals surface area contributed by atoms with Crippen LogP contribution in [-0.2, 0) is 9.59 Å². The summed E-state index contributed by atoms with van der Waals surface area (Å²) in [4.78, 5) is 25.3. The number of carbonyl (C=O) groups is 2. The number of rotatable bonds is 9. The molecular formula is C24H24N2Na2O6S. The Bertz CT molecular complexity index is 1090. The first-order valence-corrected chi connectivity index (χ1v) is 11.3. The molecule has 35 heavy (non-hydrogen) atoms. The number of benzene rings is 1. The van der Waals surface area contributed by atoms with Crippen LogP contribution in [0.4, 0.5) is 5.00 Å². The first-order valence-electron chi connectivity index (χ1n) is 10.5. The first kappa shape index (κ1) is 31.5. The Morgan fingerprint density at radius 1 is 1.14 bits per heavy atom. The van der Waals surface area contributed by atoms with Gasteiger partial charge in [-0.3, -0.25) is 0 Å². The summed E-state index contributed by atoms with van der Waals surface area (Å²) in [6.45, 7) is 1.23. The molecule has 2 heterocycles. The summed E-state index contributed by atoms with van der Waals surface area (Å²) in [6, 6.07) is 11.4. The summed E-state index contributed by atoms with van der Waals surface area (Å²) in [6.07, 6.45) is 2.41. The molecule has 1 unspecified atom stereocenters. The molecule has 1 saturated heterocycles. The van der Waals surface area contributed by atoms with Gasteiger partial charge in [0.05, 0.1) is 30.9 Å². The Morgan fingerprint density at radius 3 is 2.34 bits per heavy atom. The second-order valence-corrected chi connectivity index (χ2v) is 8.84. The number of hydrogen-bond acceptors (Lipinski definition) is 9. The molecule has 0 bridgehead atoms. The zero-order valence-corrected chi connectivity index (χ0v) is 25.2. The summed E-state index contributed by atoms with van der Waals surface area (Å²) >= 11 is 1.53. The van der Waals surface area contributed by atoms with Crippen LogP contribution in [0.5, 0.6) is 11.5 Å². The average molecular weight is 515 g/mol. The quantitative estimate of drug-likeness (QED) is 0.243. The number of nitriles is 1. The van der Waals surface area contributed by atoms with Crippen LogP contribution >= 0.6 is 11.3 Å². The first-order chi connectivity index (χ1) is 15.9. The molecule has 3 rings (SSSR count). The van der Waals surface area contributed by atoms with Gasteiger partial charge < -0.3 is 34.2 Å². The van der Waals surface area contributed by atoms with Gasteiger partial charge in [0.15, 0.2) is 11.5 Å². The van der Waals surface area contributed by atoms with Gasteiger partial charge in [-0.2, -0.15) is 5.26 Å². The molecular weight excluding hydrogens is 490 g/mol. The number of ether oxygens (including phenoxy) is 2. The van der Waals surface area contributed by atoms with E-state index in [-0.39, 0.29) is 65.0 Å². The van der Waals surface area contributed by atoms with Crippen LogP contribution in [0, 0.1) is 23.2 Å². The smallest absolute Gasteiger partial charge is 0.550 e. The Kier molecular flexibility index (Phi) is 13.4. The fourth-order valence-electron chi connectivity index (χ4n) is 4.06. The molecule has 1 aliphatic rings. The molecule has 0 amide bonds. The van der Waals surface area contributed by atoms with Crippen LogP contribution in [-0.4, -0.2) is 39.2 Å². The summed E-state index contributed by atoms with van der Waals surface area (Å²) in [7, 11) is 3.09. The average Bonchev–Trinajstić information content (AvgIpc) is 3.29. The Hall–Kier alpha value is -1.51. The number of hydrogen-bond donors (Lipinski definition) is 0. The van der Waals surface area contributed by atoms with E-state index in [0.29, 0.717) is 48.6 Å². The van der Waals surface area contributed by atoms with Gasteiger partial charge >= 0.3 is 59.1 Å². The molecule has 174 valence electrons. The van der Waals surface area contributed by atoms with Crippen molar-refractivity contribution in [2.75, 3.05) is 32.2 Å². The van der Waals surface area contributed by atoms with E-state index in [4.69, 9.17) is 9.47 Å². The number of carbonyl (C=O) groups excluding carboxylic acids is 2. The third-order valence-electron chi connectivity index (χ3n) is 5.82. The van der Waals surface area contributed by atoms with Crippen molar-refractivity contribution in [2.45, 2.75) is 19.3 Å². The molecule has 11 heteroatoms. The number of thiophene rings is 1. The fraction of sp³-hybridized carbons (Fsp3) is 0.375. The van der Waals surface area contributed by atoms with E-state index in [2.05, 4.69) is 11.0 Å². The molecule has 8 nitrogen and oxygen atoms in total. The Balaban J connectivity index is 0.00000306. The van der Waals surface area contributed by atoms with Crippen LogP contribution < -0.4 is 83.7 Å². The standard InChI is InChI=1S/C24H26N2O6S.2Na/c1-31-20-5-3-16(12-21(20)32-2)17(14-25)11-18-4-6-22(33-18)26-9-7-15(8-10-26)19(24(29)30)13-23(27)28;;/h3-6,11-12,15,19H,7-10,13H2,1-2H3,(H,27,28)(H,29,30);;/q;2*+1/p-2. The minimum atomic E-state index is -1.37. The normalized spacial score (nSPS) is 14.7. The molecule has 0 saturated carbocycles. The number of methoxy groups -OCH3 is 2. The topological polar surface area (TPSA) is 126 Å². The molecule has 1 aliphatic heterocycles. The van der Waals surface area contributed by atoms with Gasteiger partial charge in [-0.05, 0) is 67.2 Å². The molecule has 0 N–H and O–H groups in total. The predicted octanol–water partition coefficient (Wildman–Crippen LogP) is -4.44. The Labute approximate surface area is 253 Å². The van der Waals surface area contributed by atoms with Crippen LogP contribution in [0.2, 0.25) is 0 Å². The van der Waals surface area contributed by atoms with Crippen LogP contribution in [0.15, 0.2) is 30.3 Å².